The summed E-state index contributed by atoms with van der Waals surface area (Å²) >= 11 is 0. The van der Waals surface area contributed by atoms with Crippen molar-refractivity contribution in [2.45, 2.75) is 225 Å². The second-order valence-electron chi connectivity index (χ2n) is 18.2. The van der Waals surface area contributed by atoms with Crippen LogP contribution in [-0.4, -0.2) is 70.0 Å². The topological polar surface area (TPSA) is 111 Å². The van der Waals surface area contributed by atoms with Gasteiger partial charge in [0.05, 0.1) is 27.7 Å². The minimum absolute atomic E-state index is 0.0331. The molecule has 0 aliphatic rings. The van der Waals surface area contributed by atoms with Crippen LogP contribution < -0.4 is 4.89 Å². The summed E-state index contributed by atoms with van der Waals surface area (Å²) in [5, 5.41) is 0. The van der Waals surface area contributed by atoms with E-state index in [0.717, 1.165) is 77.0 Å². The van der Waals surface area contributed by atoms with Gasteiger partial charge in [-0.2, -0.15) is 0 Å². The highest BCUT2D eigenvalue weighted by molar-refractivity contribution is 7.45. The fourth-order valence-corrected chi connectivity index (χ4v) is 7.55. The van der Waals surface area contributed by atoms with E-state index in [2.05, 4.69) is 62.5 Å². The molecule has 0 rings (SSSR count). The van der Waals surface area contributed by atoms with Crippen LogP contribution in [0.3, 0.4) is 0 Å². The Kier molecular flexibility index (Phi) is 42.7. The van der Waals surface area contributed by atoms with Crippen molar-refractivity contribution >= 4 is 19.8 Å². The number of allylic oxidation sites excluding steroid dienone is 8. The smallest absolute Gasteiger partial charge is 0.306 e. The molecule has 0 N–H and O–H groups in total. The van der Waals surface area contributed by atoms with Crippen molar-refractivity contribution in [1.29, 1.82) is 0 Å². The van der Waals surface area contributed by atoms with Crippen LogP contribution in [0.25, 0.3) is 0 Å². The number of esters is 2. The first-order chi connectivity index (χ1) is 30.0. The number of carbonyl (C=O) groups excluding carboxylic acids is 2. The van der Waals surface area contributed by atoms with Gasteiger partial charge < -0.3 is 27.9 Å². The summed E-state index contributed by atoms with van der Waals surface area (Å²) in [6, 6.07) is 0. The van der Waals surface area contributed by atoms with Gasteiger partial charge in [0.15, 0.2) is 6.10 Å². The highest BCUT2D eigenvalue weighted by atomic mass is 31.2. The maximum atomic E-state index is 12.7. The molecule has 2 atom stereocenters. The number of phosphoric acid groups is 1. The third-order valence-corrected chi connectivity index (χ3v) is 11.8. The minimum Gasteiger partial charge on any atom is -0.756 e. The summed E-state index contributed by atoms with van der Waals surface area (Å²) < 4.78 is 34.0. The molecule has 0 aliphatic carbocycles. The number of rotatable bonds is 46. The number of unbranched alkanes of at least 4 members (excludes halogenated alkanes) is 24. The van der Waals surface area contributed by atoms with Gasteiger partial charge in [-0.15, -0.1) is 0 Å². The monoisotopic (exact) mass is 894 g/mol. The SMILES string of the molecule is CCCC/C=C\CCCCCCCC(=O)OCC(COP(=O)([O-])OCC[N+](C)(C)C)OC(=O)CCCCCCCCCCCCCC/C=C\C/C=C\C/C=C\CCCCCCC. The van der Waals surface area contributed by atoms with E-state index >= 15 is 0 Å². The van der Waals surface area contributed by atoms with Crippen molar-refractivity contribution < 1.29 is 42.1 Å². The first-order valence-electron chi connectivity index (χ1n) is 25.3. The van der Waals surface area contributed by atoms with Crippen molar-refractivity contribution in [3.63, 3.8) is 0 Å². The zero-order valence-electron chi connectivity index (χ0n) is 40.8. The number of nitrogens with zero attached hydrogens (tertiary/aromatic N) is 1. The fourth-order valence-electron chi connectivity index (χ4n) is 6.82. The van der Waals surface area contributed by atoms with Crippen LogP contribution in [0.4, 0.5) is 0 Å². The van der Waals surface area contributed by atoms with Crippen LogP contribution in [0.15, 0.2) is 48.6 Å². The molecule has 9 nitrogen and oxygen atoms in total. The van der Waals surface area contributed by atoms with Crippen LogP contribution in [0.1, 0.15) is 219 Å². The summed E-state index contributed by atoms with van der Waals surface area (Å²) in [5.41, 5.74) is 0. The van der Waals surface area contributed by atoms with Gasteiger partial charge >= 0.3 is 11.9 Å². The average molecular weight is 894 g/mol. The molecule has 0 aromatic heterocycles. The Labute approximate surface area is 382 Å². The van der Waals surface area contributed by atoms with Gasteiger partial charge in [-0.05, 0) is 70.6 Å². The van der Waals surface area contributed by atoms with Gasteiger partial charge in [-0.25, -0.2) is 0 Å². The average Bonchev–Trinajstić information content (AvgIpc) is 3.23. The standard InChI is InChI=1S/C52H96NO8P/c1-6-8-10-12-14-16-18-19-20-21-22-23-24-25-26-27-28-29-30-31-32-33-35-37-39-41-43-45-52(55)61-50(49-60-62(56,57)59-47-46-53(3,4)5)48-58-51(54)44-42-40-38-36-34-17-15-13-11-9-7-2/h13,15,18-19,21-22,24-25,50H,6-12,14,16-17,20,23,26-49H2,1-5H3/b15-13-,19-18-,22-21-,25-24-. The molecule has 0 spiro atoms. The Morgan fingerprint density at radius 3 is 1.35 bits per heavy atom. The zero-order valence-corrected chi connectivity index (χ0v) is 41.7. The Balaban J connectivity index is 4.15. The van der Waals surface area contributed by atoms with Crippen LogP contribution in [0.2, 0.25) is 0 Å². The predicted molar refractivity (Wildman–Crippen MR) is 259 cm³/mol. The minimum atomic E-state index is -4.63. The van der Waals surface area contributed by atoms with Gasteiger partial charge in [-0.1, -0.05) is 184 Å². The van der Waals surface area contributed by atoms with Crippen molar-refractivity contribution in [1.82, 2.24) is 0 Å². The normalized spacial score (nSPS) is 13.8. The molecule has 10 heteroatoms. The highest BCUT2D eigenvalue weighted by Crippen LogP contribution is 2.38. The number of ether oxygens (including phenoxy) is 2. The summed E-state index contributed by atoms with van der Waals surface area (Å²) in [5.74, 6) is -0.846. The molecule has 0 aromatic carbocycles. The van der Waals surface area contributed by atoms with E-state index in [9.17, 15) is 19.0 Å². The van der Waals surface area contributed by atoms with Crippen LogP contribution in [0.5, 0.6) is 0 Å². The lowest BCUT2D eigenvalue weighted by Gasteiger charge is -2.28. The van der Waals surface area contributed by atoms with Crippen LogP contribution in [-0.2, 0) is 32.7 Å². The molecule has 0 saturated heterocycles. The van der Waals surface area contributed by atoms with E-state index in [-0.39, 0.29) is 26.1 Å². The van der Waals surface area contributed by atoms with E-state index in [0.29, 0.717) is 17.4 Å². The third-order valence-electron chi connectivity index (χ3n) is 10.8. The van der Waals surface area contributed by atoms with Gasteiger partial charge in [0, 0.05) is 12.8 Å². The maximum Gasteiger partial charge on any atom is 0.306 e. The Bertz CT molecular complexity index is 1190. The Morgan fingerprint density at radius 1 is 0.500 bits per heavy atom. The van der Waals surface area contributed by atoms with Gasteiger partial charge in [0.1, 0.15) is 19.8 Å². The van der Waals surface area contributed by atoms with Crippen molar-refractivity contribution in [3.8, 4) is 0 Å². The summed E-state index contributed by atoms with van der Waals surface area (Å²) in [6.45, 7) is 4.17. The maximum absolute atomic E-state index is 12.7. The van der Waals surface area contributed by atoms with E-state index < -0.39 is 32.5 Å². The van der Waals surface area contributed by atoms with Crippen LogP contribution >= 0.6 is 7.82 Å². The lowest BCUT2D eigenvalue weighted by Crippen LogP contribution is -2.37. The fraction of sp³-hybridized carbons (Fsp3) is 0.808. The largest absolute Gasteiger partial charge is 0.756 e. The number of likely N-dealkylation sites (N-methyl/N-ethyl adjacent to an activating group) is 1. The summed E-state index contributed by atoms with van der Waals surface area (Å²) in [7, 11) is 1.16. The number of hydrogen-bond acceptors (Lipinski definition) is 8. The molecule has 0 heterocycles. The number of carbonyl (C=O) groups is 2. The summed E-state index contributed by atoms with van der Waals surface area (Å²) in [6.07, 6.45) is 52.9. The van der Waals surface area contributed by atoms with E-state index in [4.69, 9.17) is 18.5 Å². The number of phosphoric ester groups is 1. The van der Waals surface area contributed by atoms with E-state index in [1.807, 2.05) is 21.1 Å². The van der Waals surface area contributed by atoms with Crippen molar-refractivity contribution in [3.05, 3.63) is 48.6 Å². The molecule has 0 bridgehead atoms. The molecular weight excluding hydrogens is 798 g/mol. The number of hydrogen-bond donors (Lipinski definition) is 0. The van der Waals surface area contributed by atoms with Crippen molar-refractivity contribution in [2.75, 3.05) is 47.5 Å². The molecule has 0 fully saturated rings. The molecule has 362 valence electrons. The lowest BCUT2D eigenvalue weighted by atomic mass is 10.0. The molecular formula is C52H96NO8P. The molecule has 62 heavy (non-hydrogen) atoms. The first-order valence-corrected chi connectivity index (χ1v) is 26.8. The quantitative estimate of drug-likeness (QED) is 0.0195. The Hall–Kier alpha value is -2.03. The molecule has 0 aromatic rings. The second-order valence-corrected chi connectivity index (χ2v) is 19.6. The molecule has 0 saturated carbocycles. The predicted octanol–water partition coefficient (Wildman–Crippen LogP) is 14.4. The zero-order chi connectivity index (χ0) is 45.7. The lowest BCUT2D eigenvalue weighted by molar-refractivity contribution is -0.870. The third kappa shape index (κ3) is 47.4. The first kappa shape index (κ1) is 60.0. The summed E-state index contributed by atoms with van der Waals surface area (Å²) in [4.78, 5) is 37.6. The van der Waals surface area contributed by atoms with Crippen LogP contribution in [0, 0.1) is 0 Å². The molecule has 2 unspecified atom stereocenters. The van der Waals surface area contributed by atoms with Gasteiger partial charge in [-0.3, -0.25) is 14.2 Å². The highest BCUT2D eigenvalue weighted by Gasteiger charge is 2.21. The van der Waals surface area contributed by atoms with E-state index in [1.54, 1.807) is 0 Å². The molecule has 0 amide bonds. The van der Waals surface area contributed by atoms with Gasteiger partial charge in [0.25, 0.3) is 7.82 Å². The molecule has 0 radical (unpaired) electrons. The molecule has 0 aliphatic heterocycles. The van der Waals surface area contributed by atoms with Crippen molar-refractivity contribution in [2.24, 2.45) is 0 Å². The second kappa shape index (κ2) is 44.2. The Morgan fingerprint density at radius 2 is 0.887 bits per heavy atom. The van der Waals surface area contributed by atoms with E-state index in [1.165, 1.54) is 109 Å². The van der Waals surface area contributed by atoms with Gasteiger partial charge in [0.2, 0.25) is 0 Å². The number of quaternary nitrogens is 1.